The van der Waals surface area contributed by atoms with E-state index in [1.165, 1.54) is 24.3 Å². The van der Waals surface area contributed by atoms with Crippen LogP contribution in [0.15, 0.2) is 53.2 Å². The lowest BCUT2D eigenvalue weighted by Gasteiger charge is -2.03. The molecule has 0 bridgehead atoms. The highest BCUT2D eigenvalue weighted by Crippen LogP contribution is 2.30. The first-order valence-corrected chi connectivity index (χ1v) is 9.79. The van der Waals surface area contributed by atoms with Gasteiger partial charge < -0.3 is 4.74 Å². The highest BCUT2D eigenvalue weighted by molar-refractivity contribution is 6.34. The van der Waals surface area contributed by atoms with Crippen LogP contribution in [-0.2, 0) is 9.53 Å². The number of rotatable bonds is 4. The Labute approximate surface area is 186 Å². The lowest BCUT2D eigenvalue weighted by atomic mass is 10.2. The minimum absolute atomic E-state index is 0.0222. The molecule has 0 radical (unpaired) electrons. The van der Waals surface area contributed by atoms with Crippen LogP contribution in [0.5, 0.6) is 0 Å². The second kappa shape index (κ2) is 7.98. The van der Waals surface area contributed by atoms with Gasteiger partial charge in [-0.1, -0.05) is 40.9 Å². The number of benzene rings is 2. The number of carbonyl (C=O) groups excluding carboxylic acids is 1. The molecule has 0 spiro atoms. The number of cyclic esters (lactones) is 1. The van der Waals surface area contributed by atoms with E-state index in [1.54, 1.807) is 11.6 Å². The van der Waals surface area contributed by atoms with Crippen molar-refractivity contribution in [2.45, 2.75) is 13.8 Å². The van der Waals surface area contributed by atoms with Crippen molar-refractivity contribution in [3.05, 3.63) is 90.8 Å². The quantitative estimate of drug-likeness (QED) is 0.236. The highest BCUT2D eigenvalue weighted by Gasteiger charge is 2.28. The molecule has 0 unspecified atom stereocenters. The van der Waals surface area contributed by atoms with Crippen LogP contribution in [-0.4, -0.2) is 26.6 Å². The molecule has 3 aromatic rings. The smallest absolute Gasteiger partial charge is 0.363 e. The molecule has 2 aromatic carbocycles. The van der Waals surface area contributed by atoms with Crippen LogP contribution in [0.2, 0.25) is 10.2 Å². The average molecular weight is 457 g/mol. The predicted octanol–water partition coefficient (Wildman–Crippen LogP) is 5.05. The fourth-order valence-electron chi connectivity index (χ4n) is 2.98. The van der Waals surface area contributed by atoms with Crippen LogP contribution in [0.1, 0.15) is 22.4 Å². The Balaban J connectivity index is 1.74. The van der Waals surface area contributed by atoms with Gasteiger partial charge in [-0.3, -0.25) is 10.1 Å². The molecular weight excluding hydrogens is 443 g/mol. The molecule has 0 aliphatic carbocycles. The second-order valence-electron chi connectivity index (χ2n) is 6.79. The number of hydrogen-bond donors (Lipinski definition) is 0. The van der Waals surface area contributed by atoms with Crippen molar-refractivity contribution < 1.29 is 14.5 Å². The lowest BCUT2D eigenvalue weighted by Crippen LogP contribution is -2.06. The van der Waals surface area contributed by atoms with Gasteiger partial charge in [0.2, 0.25) is 5.90 Å². The van der Waals surface area contributed by atoms with Gasteiger partial charge in [0.15, 0.2) is 5.70 Å². The lowest BCUT2D eigenvalue weighted by molar-refractivity contribution is -0.384. The molecule has 0 saturated carbocycles. The monoisotopic (exact) mass is 456 g/mol. The number of halogens is 2. The van der Waals surface area contributed by atoms with Gasteiger partial charge in [-0.25, -0.2) is 14.5 Å². The zero-order valence-corrected chi connectivity index (χ0v) is 17.8. The summed E-state index contributed by atoms with van der Waals surface area (Å²) in [6, 6.07) is 11.4. The van der Waals surface area contributed by atoms with E-state index in [2.05, 4.69) is 10.1 Å². The van der Waals surface area contributed by atoms with Crippen molar-refractivity contribution in [3.8, 4) is 5.69 Å². The third-order valence-electron chi connectivity index (χ3n) is 4.62. The third kappa shape index (κ3) is 3.95. The van der Waals surface area contributed by atoms with E-state index in [9.17, 15) is 14.9 Å². The van der Waals surface area contributed by atoms with E-state index in [-0.39, 0.29) is 27.9 Å². The van der Waals surface area contributed by atoms with Crippen LogP contribution in [0, 0.1) is 24.0 Å². The molecule has 0 N–H and O–H groups in total. The van der Waals surface area contributed by atoms with Crippen molar-refractivity contribution in [2.75, 3.05) is 0 Å². The largest absolute Gasteiger partial charge is 0.402 e. The summed E-state index contributed by atoms with van der Waals surface area (Å²) in [7, 11) is 0. The Kier molecular flexibility index (Phi) is 5.34. The molecule has 0 fully saturated rings. The first-order valence-electron chi connectivity index (χ1n) is 9.03. The predicted molar refractivity (Wildman–Crippen MR) is 117 cm³/mol. The van der Waals surface area contributed by atoms with E-state index >= 15 is 0 Å². The van der Waals surface area contributed by atoms with Crippen LogP contribution in [0.25, 0.3) is 11.8 Å². The molecular formula is C21H14Cl2N4O4. The molecule has 1 aromatic heterocycles. The highest BCUT2D eigenvalue weighted by atomic mass is 35.5. The summed E-state index contributed by atoms with van der Waals surface area (Å²) in [5.41, 5.74) is 2.88. The van der Waals surface area contributed by atoms with Gasteiger partial charge >= 0.3 is 5.97 Å². The molecule has 0 atom stereocenters. The van der Waals surface area contributed by atoms with Gasteiger partial charge in [0.1, 0.15) is 5.15 Å². The van der Waals surface area contributed by atoms with Gasteiger partial charge in [-0.05, 0) is 38.1 Å². The number of esters is 1. The number of nitro benzene ring substituents is 1. The second-order valence-corrected chi connectivity index (χ2v) is 7.56. The molecule has 31 heavy (non-hydrogen) atoms. The number of aromatic nitrogens is 2. The van der Waals surface area contributed by atoms with Gasteiger partial charge in [0, 0.05) is 17.7 Å². The molecule has 8 nitrogen and oxygen atoms in total. The van der Waals surface area contributed by atoms with Gasteiger partial charge in [-0.15, -0.1) is 0 Å². The molecule has 10 heteroatoms. The number of hydrogen-bond acceptors (Lipinski definition) is 6. The Hall–Kier alpha value is -3.49. The Bertz CT molecular complexity index is 1290. The molecule has 0 amide bonds. The first kappa shape index (κ1) is 20.8. The SMILES string of the molecule is Cc1ccc(-n2nc(C)c(/C=C3\N=C(c4cc([N+](=O)[O-])ccc4Cl)OC3=O)c2Cl)cc1. The third-order valence-corrected chi connectivity index (χ3v) is 5.31. The van der Waals surface area contributed by atoms with Crippen LogP contribution in [0.4, 0.5) is 5.69 Å². The standard InChI is InChI=1S/C21H14Cl2N4O4/c1-11-3-5-13(6-4-11)26-19(23)15(12(2)25-26)10-18-21(28)31-20(24-18)16-9-14(27(29)30)7-8-17(16)22/h3-10H,1-2H3/b18-10-. The normalized spacial score (nSPS) is 14.6. The topological polar surface area (TPSA) is 99.6 Å². The maximum absolute atomic E-state index is 12.4. The minimum Gasteiger partial charge on any atom is -0.402 e. The van der Waals surface area contributed by atoms with Gasteiger partial charge in [0.25, 0.3) is 5.69 Å². The maximum Gasteiger partial charge on any atom is 0.363 e. The fraction of sp³-hybridized carbons (Fsp3) is 0.0952. The Morgan fingerprint density at radius 1 is 1.13 bits per heavy atom. The number of carbonyl (C=O) groups is 1. The zero-order valence-electron chi connectivity index (χ0n) is 16.3. The number of ether oxygens (including phenoxy) is 1. The molecule has 1 aliphatic heterocycles. The summed E-state index contributed by atoms with van der Waals surface area (Å²) >= 11 is 12.6. The van der Waals surface area contributed by atoms with Crippen molar-refractivity contribution >= 4 is 46.8 Å². The van der Waals surface area contributed by atoms with Crippen molar-refractivity contribution in [1.29, 1.82) is 0 Å². The summed E-state index contributed by atoms with van der Waals surface area (Å²) in [5, 5.41) is 16.0. The zero-order chi connectivity index (χ0) is 22.3. The summed E-state index contributed by atoms with van der Waals surface area (Å²) in [4.78, 5) is 27.0. The number of nitrogens with zero attached hydrogens (tertiary/aromatic N) is 4. The molecule has 0 saturated heterocycles. The Morgan fingerprint density at radius 2 is 1.84 bits per heavy atom. The summed E-state index contributed by atoms with van der Waals surface area (Å²) in [6.45, 7) is 3.73. The van der Waals surface area contributed by atoms with E-state index < -0.39 is 10.9 Å². The van der Waals surface area contributed by atoms with Crippen molar-refractivity contribution in [3.63, 3.8) is 0 Å². The molecule has 4 rings (SSSR count). The molecule has 156 valence electrons. The summed E-state index contributed by atoms with van der Waals surface area (Å²) in [6.07, 6.45) is 1.47. The maximum atomic E-state index is 12.4. The number of aliphatic imine (C=N–C) groups is 1. The van der Waals surface area contributed by atoms with Crippen LogP contribution in [0.3, 0.4) is 0 Å². The number of aryl methyl sites for hydroxylation is 2. The van der Waals surface area contributed by atoms with Crippen LogP contribution >= 0.6 is 23.2 Å². The summed E-state index contributed by atoms with van der Waals surface area (Å²) in [5.74, 6) is -0.847. The van der Waals surface area contributed by atoms with E-state index in [4.69, 9.17) is 27.9 Å². The van der Waals surface area contributed by atoms with Gasteiger partial charge in [-0.2, -0.15) is 5.10 Å². The van der Waals surface area contributed by atoms with E-state index in [0.29, 0.717) is 16.4 Å². The first-order chi connectivity index (χ1) is 14.7. The van der Waals surface area contributed by atoms with E-state index in [1.807, 2.05) is 31.2 Å². The summed E-state index contributed by atoms with van der Waals surface area (Å²) < 4.78 is 6.76. The van der Waals surface area contributed by atoms with Gasteiger partial charge in [0.05, 0.1) is 26.9 Å². The Morgan fingerprint density at radius 3 is 2.52 bits per heavy atom. The number of nitro groups is 1. The fourth-order valence-corrected chi connectivity index (χ4v) is 3.51. The average Bonchev–Trinajstić information content (AvgIpc) is 3.23. The number of non-ortho nitro benzene ring substituents is 1. The molecule has 2 heterocycles. The molecule has 1 aliphatic rings. The minimum atomic E-state index is -0.726. The van der Waals surface area contributed by atoms with Crippen molar-refractivity contribution in [1.82, 2.24) is 9.78 Å². The van der Waals surface area contributed by atoms with E-state index in [0.717, 1.165) is 11.3 Å². The van der Waals surface area contributed by atoms with Crippen LogP contribution < -0.4 is 0 Å². The van der Waals surface area contributed by atoms with Crippen molar-refractivity contribution in [2.24, 2.45) is 4.99 Å².